The second-order valence-corrected chi connectivity index (χ2v) is 5.18. The number of hydrogen-bond acceptors (Lipinski definition) is 3. The van der Waals surface area contributed by atoms with E-state index in [2.05, 4.69) is 52.4 Å². The highest BCUT2D eigenvalue weighted by atomic mass is 32.2. The molecule has 0 fully saturated rings. The molecule has 0 spiro atoms. The van der Waals surface area contributed by atoms with Crippen LogP contribution in [0.3, 0.4) is 0 Å². The van der Waals surface area contributed by atoms with Crippen LogP contribution in [0.4, 0.5) is 0 Å². The van der Waals surface area contributed by atoms with Crippen molar-refractivity contribution in [2.24, 2.45) is 0 Å². The maximum atomic E-state index is 4.31. The zero-order valence-corrected chi connectivity index (χ0v) is 10.8. The highest BCUT2D eigenvalue weighted by molar-refractivity contribution is 7.99. The minimum Gasteiger partial charge on any atom is -0.244 e. The van der Waals surface area contributed by atoms with Gasteiger partial charge in [-0.15, -0.1) is 0 Å². The van der Waals surface area contributed by atoms with Crippen LogP contribution >= 0.6 is 11.8 Å². The van der Waals surface area contributed by atoms with E-state index < -0.39 is 0 Å². The molecule has 2 aromatic carbocycles. The van der Waals surface area contributed by atoms with Gasteiger partial charge in [-0.05, 0) is 35.4 Å². The molecule has 1 heterocycles. The van der Waals surface area contributed by atoms with Crippen LogP contribution in [0.25, 0.3) is 10.8 Å². The molecule has 18 heavy (non-hydrogen) atoms. The number of hydrogen-bond donors (Lipinski definition) is 0. The van der Waals surface area contributed by atoms with Crippen LogP contribution in [0.15, 0.2) is 64.9 Å². The van der Waals surface area contributed by atoms with E-state index in [4.69, 9.17) is 0 Å². The fourth-order valence-electron chi connectivity index (χ4n) is 1.84. The quantitative estimate of drug-likeness (QED) is 0.642. The van der Waals surface area contributed by atoms with Crippen LogP contribution < -0.4 is 0 Å². The third-order valence-corrected chi connectivity index (χ3v) is 3.89. The van der Waals surface area contributed by atoms with Crippen molar-refractivity contribution in [2.75, 3.05) is 0 Å². The van der Waals surface area contributed by atoms with Crippen molar-refractivity contribution in [3.63, 3.8) is 0 Å². The molecule has 3 heteroatoms. The summed E-state index contributed by atoms with van der Waals surface area (Å²) in [6, 6.07) is 14.9. The maximum absolute atomic E-state index is 4.31. The van der Waals surface area contributed by atoms with Crippen molar-refractivity contribution < 1.29 is 0 Å². The molecule has 2 nitrogen and oxygen atoms in total. The summed E-state index contributed by atoms with van der Waals surface area (Å²) in [6.45, 7) is 2.03. The molecule has 0 unspecified atom stereocenters. The molecule has 3 aromatic rings. The van der Waals surface area contributed by atoms with Crippen molar-refractivity contribution in [1.82, 2.24) is 9.97 Å². The van der Waals surface area contributed by atoms with Crippen LogP contribution in [0.1, 0.15) is 5.56 Å². The molecule has 88 valence electrons. The highest BCUT2D eigenvalue weighted by Crippen LogP contribution is 2.30. The zero-order chi connectivity index (χ0) is 12.4. The molecule has 1 aromatic heterocycles. The van der Waals surface area contributed by atoms with E-state index in [1.54, 1.807) is 18.1 Å². The maximum Gasteiger partial charge on any atom is 0.116 e. The fourth-order valence-corrected chi connectivity index (χ4v) is 2.70. The number of aromatic nitrogens is 2. The lowest BCUT2D eigenvalue weighted by Crippen LogP contribution is -1.86. The van der Waals surface area contributed by atoms with E-state index in [-0.39, 0.29) is 0 Å². The van der Waals surface area contributed by atoms with Crippen LogP contribution in [-0.2, 0) is 0 Å². The molecule has 3 rings (SSSR count). The molecule has 0 N–H and O–H groups in total. The summed E-state index contributed by atoms with van der Waals surface area (Å²) in [5.74, 6) is 0. The topological polar surface area (TPSA) is 25.8 Å². The number of fused-ring (bicyclic) bond motifs is 1. The Morgan fingerprint density at radius 1 is 1.00 bits per heavy atom. The Morgan fingerprint density at radius 3 is 2.67 bits per heavy atom. The first-order chi connectivity index (χ1) is 8.83. The lowest BCUT2D eigenvalue weighted by Gasteiger charge is -2.04. The number of nitrogens with zero attached hydrogens (tertiary/aromatic N) is 2. The zero-order valence-electron chi connectivity index (χ0n) is 10.00. The molecule has 0 aliphatic carbocycles. The van der Waals surface area contributed by atoms with Crippen LogP contribution in [0.5, 0.6) is 0 Å². The average molecular weight is 252 g/mol. The predicted molar refractivity (Wildman–Crippen MR) is 74.8 cm³/mol. The van der Waals surface area contributed by atoms with Gasteiger partial charge in [0.15, 0.2) is 0 Å². The number of benzene rings is 2. The van der Waals surface area contributed by atoms with Crippen molar-refractivity contribution in [2.45, 2.75) is 16.8 Å². The molecule has 0 aliphatic heterocycles. The van der Waals surface area contributed by atoms with E-state index in [1.165, 1.54) is 15.7 Å². The molecule has 0 amide bonds. The number of rotatable bonds is 2. The second-order valence-electron chi connectivity index (χ2n) is 4.12. The Labute approximate surface area is 110 Å². The van der Waals surface area contributed by atoms with E-state index >= 15 is 0 Å². The van der Waals surface area contributed by atoms with Gasteiger partial charge in [0, 0.05) is 11.1 Å². The van der Waals surface area contributed by atoms with E-state index in [1.807, 2.05) is 13.1 Å². The standard InChI is InChI=1S/C15H12N2S/c1-11-9-16-10-17-15(11)18-14-7-6-12-4-2-3-5-13(12)8-14/h2-10H,1H3. The second kappa shape index (κ2) is 4.78. The lowest BCUT2D eigenvalue weighted by molar-refractivity contribution is 1.00. The summed E-state index contributed by atoms with van der Waals surface area (Å²) in [5.41, 5.74) is 1.11. The first-order valence-corrected chi connectivity index (χ1v) is 6.58. The summed E-state index contributed by atoms with van der Waals surface area (Å²) in [4.78, 5) is 9.52. The van der Waals surface area contributed by atoms with Crippen LogP contribution in [0, 0.1) is 6.92 Å². The largest absolute Gasteiger partial charge is 0.244 e. The summed E-state index contributed by atoms with van der Waals surface area (Å²) in [5, 5.41) is 3.54. The first kappa shape index (κ1) is 11.2. The van der Waals surface area contributed by atoms with Gasteiger partial charge in [0.25, 0.3) is 0 Å². The normalized spacial score (nSPS) is 10.7. The number of aryl methyl sites for hydroxylation is 1. The Hall–Kier alpha value is -1.87. The van der Waals surface area contributed by atoms with E-state index in [9.17, 15) is 0 Å². The Bertz CT molecular complexity index is 695. The Morgan fingerprint density at radius 2 is 1.83 bits per heavy atom. The molecular formula is C15H12N2S. The van der Waals surface area contributed by atoms with Gasteiger partial charge in [-0.3, -0.25) is 0 Å². The van der Waals surface area contributed by atoms with Crippen LogP contribution in [0.2, 0.25) is 0 Å². The van der Waals surface area contributed by atoms with Gasteiger partial charge >= 0.3 is 0 Å². The summed E-state index contributed by atoms with van der Waals surface area (Å²) in [6.07, 6.45) is 3.44. The van der Waals surface area contributed by atoms with Crippen molar-refractivity contribution >= 4 is 22.5 Å². The van der Waals surface area contributed by atoms with Gasteiger partial charge in [0.05, 0.1) is 0 Å². The smallest absolute Gasteiger partial charge is 0.116 e. The summed E-state index contributed by atoms with van der Waals surface area (Å²) >= 11 is 1.68. The average Bonchev–Trinajstić information content (AvgIpc) is 2.41. The van der Waals surface area contributed by atoms with Gasteiger partial charge in [0.1, 0.15) is 11.4 Å². The molecule has 0 atom stereocenters. The first-order valence-electron chi connectivity index (χ1n) is 5.76. The molecular weight excluding hydrogens is 240 g/mol. The lowest BCUT2D eigenvalue weighted by atomic mass is 10.1. The minimum absolute atomic E-state index is 1.01. The Kier molecular flexibility index (Phi) is 2.99. The molecule has 0 saturated carbocycles. The van der Waals surface area contributed by atoms with Crippen molar-refractivity contribution in [3.8, 4) is 0 Å². The summed E-state index contributed by atoms with van der Waals surface area (Å²) < 4.78 is 0. The van der Waals surface area contributed by atoms with Crippen molar-refractivity contribution in [3.05, 3.63) is 60.6 Å². The highest BCUT2D eigenvalue weighted by Gasteiger charge is 2.03. The Balaban J connectivity index is 1.98. The third-order valence-electron chi connectivity index (χ3n) is 2.78. The molecule has 0 saturated heterocycles. The fraction of sp³-hybridized carbons (Fsp3) is 0.0667. The van der Waals surface area contributed by atoms with Gasteiger partial charge in [0.2, 0.25) is 0 Å². The van der Waals surface area contributed by atoms with E-state index in [0.717, 1.165) is 10.6 Å². The van der Waals surface area contributed by atoms with E-state index in [0.29, 0.717) is 0 Å². The summed E-state index contributed by atoms with van der Waals surface area (Å²) in [7, 11) is 0. The van der Waals surface area contributed by atoms with Gasteiger partial charge < -0.3 is 0 Å². The SMILES string of the molecule is Cc1cncnc1Sc1ccc2ccccc2c1. The van der Waals surface area contributed by atoms with Gasteiger partial charge in [-0.25, -0.2) is 9.97 Å². The van der Waals surface area contributed by atoms with Gasteiger partial charge in [-0.2, -0.15) is 0 Å². The van der Waals surface area contributed by atoms with Gasteiger partial charge in [-0.1, -0.05) is 42.1 Å². The third kappa shape index (κ3) is 2.22. The minimum atomic E-state index is 1.01. The molecule has 0 radical (unpaired) electrons. The predicted octanol–water partition coefficient (Wildman–Crippen LogP) is 4.09. The van der Waals surface area contributed by atoms with Crippen molar-refractivity contribution in [1.29, 1.82) is 0 Å². The molecule has 0 bridgehead atoms. The molecule has 0 aliphatic rings. The van der Waals surface area contributed by atoms with Crippen LogP contribution in [-0.4, -0.2) is 9.97 Å². The monoisotopic (exact) mass is 252 g/mol.